The van der Waals surface area contributed by atoms with Crippen LogP contribution >= 0.6 is 0 Å². The van der Waals surface area contributed by atoms with Crippen molar-refractivity contribution < 1.29 is 19.7 Å². The molecule has 0 aromatic heterocycles. The van der Waals surface area contributed by atoms with Crippen molar-refractivity contribution in [2.75, 3.05) is 26.3 Å². The fraction of sp³-hybridized carbons (Fsp3) is 0.375. The molecule has 0 radical (unpaired) electrons. The Hall–Kier alpha value is -3.16. The van der Waals surface area contributed by atoms with E-state index < -0.39 is 12.2 Å². The van der Waals surface area contributed by atoms with E-state index >= 15 is 0 Å². The van der Waals surface area contributed by atoms with E-state index in [2.05, 4.69) is 62.6 Å². The highest BCUT2D eigenvalue weighted by molar-refractivity contribution is 5.88. The highest BCUT2D eigenvalue weighted by Gasteiger charge is 2.09. The minimum Gasteiger partial charge on any atom is -0.490 e. The molecule has 204 valence electrons. The lowest BCUT2D eigenvalue weighted by atomic mass is 10.1. The molecule has 1 unspecified atom stereocenters. The van der Waals surface area contributed by atoms with E-state index in [1.165, 1.54) is 0 Å². The SMILES string of the molecule is CC(C)NCC(O)COc1cccc2ccccc12.CC(C)NC[C@@H](O)COc1cccc2ccccc12. The maximum absolute atomic E-state index is 9.84. The smallest absolute Gasteiger partial charge is 0.127 e. The molecule has 0 heterocycles. The maximum atomic E-state index is 9.84. The number of nitrogens with one attached hydrogen (secondary N) is 2. The Morgan fingerprint density at radius 2 is 0.921 bits per heavy atom. The highest BCUT2D eigenvalue weighted by Crippen LogP contribution is 2.26. The molecule has 0 spiro atoms. The predicted octanol–water partition coefficient (Wildman–Crippen LogP) is 5.16. The topological polar surface area (TPSA) is 83.0 Å². The Bertz CT molecular complexity index is 1140. The summed E-state index contributed by atoms with van der Waals surface area (Å²) in [6.07, 6.45) is -0.997. The first-order valence-electron chi connectivity index (χ1n) is 13.4. The Morgan fingerprint density at radius 1 is 0.553 bits per heavy atom. The Balaban J connectivity index is 0.000000211. The number of hydrogen-bond donors (Lipinski definition) is 4. The maximum Gasteiger partial charge on any atom is 0.127 e. The van der Waals surface area contributed by atoms with Gasteiger partial charge in [-0.15, -0.1) is 0 Å². The molecule has 0 bridgehead atoms. The minimum absolute atomic E-state index is 0.299. The van der Waals surface area contributed by atoms with E-state index in [1.54, 1.807) is 0 Å². The van der Waals surface area contributed by atoms with Gasteiger partial charge in [0.25, 0.3) is 0 Å². The van der Waals surface area contributed by atoms with Crippen molar-refractivity contribution in [1.29, 1.82) is 0 Å². The van der Waals surface area contributed by atoms with Gasteiger partial charge in [-0.2, -0.15) is 0 Å². The third-order valence-corrected chi connectivity index (χ3v) is 5.89. The number of aliphatic hydroxyl groups excluding tert-OH is 2. The molecule has 4 rings (SSSR count). The first-order valence-corrected chi connectivity index (χ1v) is 13.4. The zero-order valence-electron chi connectivity index (χ0n) is 22.9. The predicted molar refractivity (Wildman–Crippen MR) is 157 cm³/mol. The van der Waals surface area contributed by atoms with Crippen LogP contribution < -0.4 is 20.1 Å². The van der Waals surface area contributed by atoms with Gasteiger partial charge < -0.3 is 30.3 Å². The molecule has 6 heteroatoms. The average Bonchev–Trinajstić information content (AvgIpc) is 2.93. The van der Waals surface area contributed by atoms with Gasteiger partial charge in [-0.3, -0.25) is 0 Å². The molecule has 4 aromatic rings. The van der Waals surface area contributed by atoms with E-state index in [1.807, 2.05) is 60.7 Å². The van der Waals surface area contributed by atoms with Crippen LogP contribution in [0.15, 0.2) is 84.9 Å². The Labute approximate surface area is 226 Å². The van der Waals surface area contributed by atoms with Crippen molar-refractivity contribution in [1.82, 2.24) is 10.6 Å². The van der Waals surface area contributed by atoms with Crippen molar-refractivity contribution in [3.05, 3.63) is 84.9 Å². The van der Waals surface area contributed by atoms with Crippen LogP contribution in [-0.2, 0) is 0 Å². The summed E-state index contributed by atoms with van der Waals surface area (Å²) in [7, 11) is 0. The average molecular weight is 519 g/mol. The molecule has 0 aliphatic rings. The number of benzene rings is 4. The zero-order chi connectivity index (χ0) is 27.3. The summed E-state index contributed by atoms with van der Waals surface area (Å²) in [4.78, 5) is 0. The first kappa shape index (κ1) is 29.4. The van der Waals surface area contributed by atoms with Gasteiger partial charge in [-0.25, -0.2) is 0 Å². The number of rotatable bonds is 12. The summed E-state index contributed by atoms with van der Waals surface area (Å²) in [6, 6.07) is 28.8. The van der Waals surface area contributed by atoms with Crippen LogP contribution in [0, 0.1) is 0 Å². The third-order valence-electron chi connectivity index (χ3n) is 5.89. The minimum atomic E-state index is -0.499. The van der Waals surface area contributed by atoms with E-state index in [0.29, 0.717) is 38.4 Å². The normalized spacial score (nSPS) is 12.8. The van der Waals surface area contributed by atoms with Crippen LogP contribution in [-0.4, -0.2) is 60.8 Å². The second-order valence-electron chi connectivity index (χ2n) is 10.0. The van der Waals surface area contributed by atoms with Gasteiger partial charge >= 0.3 is 0 Å². The summed E-state index contributed by atoms with van der Waals surface area (Å²) in [5, 5.41) is 30.5. The molecule has 6 nitrogen and oxygen atoms in total. The highest BCUT2D eigenvalue weighted by atomic mass is 16.5. The van der Waals surface area contributed by atoms with Gasteiger partial charge in [0.05, 0.1) is 0 Å². The van der Waals surface area contributed by atoms with Gasteiger partial charge in [0, 0.05) is 35.9 Å². The molecular formula is C32H42N2O4. The van der Waals surface area contributed by atoms with Gasteiger partial charge in [0.15, 0.2) is 0 Å². The van der Waals surface area contributed by atoms with Crippen molar-refractivity contribution in [2.24, 2.45) is 0 Å². The molecule has 0 saturated carbocycles. The van der Waals surface area contributed by atoms with Crippen LogP contribution in [0.1, 0.15) is 27.7 Å². The standard InChI is InChI=1S/2C16H21NO2/c2*1-12(2)17-10-14(18)11-19-16-9-5-7-13-6-3-4-8-15(13)16/h2*3-9,12,14,17-18H,10-11H2,1-2H3/t14-;/m1./s1. The van der Waals surface area contributed by atoms with Crippen LogP contribution in [0.25, 0.3) is 21.5 Å². The molecule has 38 heavy (non-hydrogen) atoms. The zero-order valence-corrected chi connectivity index (χ0v) is 22.9. The van der Waals surface area contributed by atoms with E-state index in [0.717, 1.165) is 33.0 Å². The second-order valence-corrected chi connectivity index (χ2v) is 10.0. The number of fused-ring (bicyclic) bond motifs is 2. The molecule has 0 aliphatic heterocycles. The fourth-order valence-corrected chi connectivity index (χ4v) is 3.88. The number of ether oxygens (including phenoxy) is 2. The monoisotopic (exact) mass is 518 g/mol. The van der Waals surface area contributed by atoms with E-state index in [4.69, 9.17) is 9.47 Å². The van der Waals surface area contributed by atoms with Crippen molar-refractivity contribution >= 4 is 21.5 Å². The first-order chi connectivity index (χ1) is 18.3. The van der Waals surface area contributed by atoms with Gasteiger partial charge in [0.2, 0.25) is 0 Å². The summed E-state index contributed by atoms with van der Waals surface area (Å²) < 4.78 is 11.4. The lowest BCUT2D eigenvalue weighted by Gasteiger charge is -2.15. The quantitative estimate of drug-likeness (QED) is 0.208. The second kappa shape index (κ2) is 15.3. The largest absolute Gasteiger partial charge is 0.490 e. The lowest BCUT2D eigenvalue weighted by molar-refractivity contribution is 0.105. The number of hydrogen-bond acceptors (Lipinski definition) is 6. The van der Waals surface area contributed by atoms with Crippen LogP contribution in [0.5, 0.6) is 11.5 Å². The molecule has 4 N–H and O–H groups in total. The van der Waals surface area contributed by atoms with E-state index in [9.17, 15) is 10.2 Å². The lowest BCUT2D eigenvalue weighted by Crippen LogP contribution is -2.35. The molecule has 4 aromatic carbocycles. The van der Waals surface area contributed by atoms with Gasteiger partial charge in [-0.1, -0.05) is 100 Å². The van der Waals surface area contributed by atoms with Gasteiger partial charge in [-0.05, 0) is 22.9 Å². The van der Waals surface area contributed by atoms with Gasteiger partial charge in [0.1, 0.15) is 36.9 Å². The molecular weight excluding hydrogens is 476 g/mol. The third kappa shape index (κ3) is 9.62. The molecule has 0 saturated heterocycles. The van der Waals surface area contributed by atoms with E-state index in [-0.39, 0.29) is 0 Å². The summed E-state index contributed by atoms with van der Waals surface area (Å²) in [5.74, 6) is 1.64. The van der Waals surface area contributed by atoms with Crippen molar-refractivity contribution in [3.63, 3.8) is 0 Å². The fourth-order valence-electron chi connectivity index (χ4n) is 3.88. The summed E-state index contributed by atoms with van der Waals surface area (Å²) in [5.41, 5.74) is 0. The number of aliphatic hydroxyl groups is 2. The molecule has 0 fully saturated rings. The Kier molecular flexibility index (Phi) is 11.8. The van der Waals surface area contributed by atoms with Crippen LogP contribution in [0.2, 0.25) is 0 Å². The van der Waals surface area contributed by atoms with Crippen molar-refractivity contribution in [2.45, 2.75) is 52.0 Å². The molecule has 0 aliphatic carbocycles. The Morgan fingerprint density at radius 3 is 1.32 bits per heavy atom. The summed E-state index contributed by atoms with van der Waals surface area (Å²) in [6.45, 7) is 9.90. The molecule has 0 amide bonds. The van der Waals surface area contributed by atoms with Crippen LogP contribution in [0.4, 0.5) is 0 Å². The molecule has 2 atom stereocenters. The van der Waals surface area contributed by atoms with Crippen molar-refractivity contribution in [3.8, 4) is 11.5 Å². The summed E-state index contributed by atoms with van der Waals surface area (Å²) >= 11 is 0. The van der Waals surface area contributed by atoms with Crippen LogP contribution in [0.3, 0.4) is 0 Å².